The number of esters is 2. The molecule has 0 radical (unpaired) electrons. The van der Waals surface area contributed by atoms with E-state index in [1.165, 1.54) is 15.6 Å². The van der Waals surface area contributed by atoms with Gasteiger partial charge in [0.15, 0.2) is 0 Å². The number of ether oxygens (including phenoxy) is 1. The third kappa shape index (κ3) is 6.23. The molecular formula is C27H27F3N4O5S3. The number of aromatic amines is 1. The minimum atomic E-state index is -5.22. The molecule has 5 rings (SSSR count). The number of hydrogen-bond donors (Lipinski definition) is 1. The lowest BCUT2D eigenvalue weighted by Gasteiger charge is -2.30. The number of nitrogens with one attached hydrogen (secondary N) is 1. The first-order valence-electron chi connectivity index (χ1n) is 13.0. The van der Waals surface area contributed by atoms with Gasteiger partial charge < -0.3 is 9.72 Å². The van der Waals surface area contributed by atoms with Gasteiger partial charge in [0, 0.05) is 35.6 Å². The van der Waals surface area contributed by atoms with Crippen molar-refractivity contribution in [3.8, 4) is 10.7 Å². The van der Waals surface area contributed by atoms with Crippen LogP contribution in [0.2, 0.25) is 0 Å². The average molecular weight is 641 g/mol. The molecule has 0 spiro atoms. The molecule has 4 aromatic rings. The number of carbonyl (C=O) groups is 2. The van der Waals surface area contributed by atoms with Gasteiger partial charge in [0.2, 0.25) is 0 Å². The highest BCUT2D eigenvalue weighted by Crippen LogP contribution is 2.37. The first kappa shape index (κ1) is 30.2. The zero-order chi connectivity index (χ0) is 30.2. The van der Waals surface area contributed by atoms with E-state index in [2.05, 4.69) is 14.7 Å². The predicted octanol–water partition coefficient (Wildman–Crippen LogP) is 5.80. The Morgan fingerprint density at radius 2 is 2.02 bits per heavy atom. The second-order valence-electron chi connectivity index (χ2n) is 10.2. The summed E-state index contributed by atoms with van der Waals surface area (Å²) in [7, 11) is -3.79. The second kappa shape index (κ2) is 11.8. The van der Waals surface area contributed by atoms with Gasteiger partial charge in [-0.05, 0) is 56.8 Å². The maximum atomic E-state index is 13.5. The Morgan fingerprint density at radius 1 is 1.24 bits per heavy atom. The van der Waals surface area contributed by atoms with Gasteiger partial charge in [-0.3, -0.25) is 14.0 Å². The molecule has 42 heavy (non-hydrogen) atoms. The number of carbonyl (C=O) groups excluding carboxylic acids is 2. The van der Waals surface area contributed by atoms with Crippen LogP contribution in [0.15, 0.2) is 52.2 Å². The number of fused-ring (bicyclic) bond motifs is 1. The Bertz CT molecular complexity index is 1700. The maximum absolute atomic E-state index is 13.5. The molecule has 0 bridgehead atoms. The molecule has 1 atom stereocenters. The number of alkyl halides is 3. The van der Waals surface area contributed by atoms with Crippen LogP contribution < -0.4 is 4.31 Å². The van der Waals surface area contributed by atoms with Crippen LogP contribution in [0, 0.1) is 5.92 Å². The van der Waals surface area contributed by atoms with Crippen LogP contribution >= 0.6 is 22.7 Å². The number of aromatic nitrogens is 2. The van der Waals surface area contributed by atoms with E-state index < -0.39 is 34.1 Å². The van der Waals surface area contributed by atoms with Gasteiger partial charge in [-0.2, -0.15) is 13.2 Å². The number of benzene rings is 1. The Morgan fingerprint density at radius 3 is 2.71 bits per heavy atom. The molecule has 1 aromatic carbocycles. The summed E-state index contributed by atoms with van der Waals surface area (Å²) in [6.45, 7) is 4.85. The zero-order valence-corrected chi connectivity index (χ0v) is 25.0. The molecule has 0 amide bonds. The summed E-state index contributed by atoms with van der Waals surface area (Å²) in [5.41, 5.74) is 1.88. The fraction of sp³-hybridized carbons (Fsp3) is 0.370. The second-order valence-corrected chi connectivity index (χ2v) is 14.3. The van der Waals surface area contributed by atoms with Crippen molar-refractivity contribution in [2.24, 2.45) is 5.92 Å². The number of rotatable bonds is 8. The van der Waals surface area contributed by atoms with Crippen molar-refractivity contribution in [2.75, 3.05) is 17.4 Å². The first-order valence-corrected chi connectivity index (χ1v) is 16.2. The molecule has 4 heterocycles. The maximum Gasteiger partial charge on any atom is 0.491 e. The number of sulfonamides is 1. The van der Waals surface area contributed by atoms with Crippen LogP contribution in [0.5, 0.6) is 0 Å². The minimum Gasteiger partial charge on any atom is -0.386 e. The van der Waals surface area contributed by atoms with E-state index in [1.807, 2.05) is 36.9 Å². The number of nitrogens with zero attached hydrogens (tertiary/aromatic N) is 3. The Kier molecular flexibility index (Phi) is 8.47. The molecule has 1 aliphatic heterocycles. The van der Waals surface area contributed by atoms with Gasteiger partial charge in [-0.25, -0.2) is 18.2 Å². The third-order valence-corrected chi connectivity index (χ3v) is 11.2. The van der Waals surface area contributed by atoms with Gasteiger partial charge in [-0.1, -0.05) is 18.2 Å². The number of halogens is 3. The van der Waals surface area contributed by atoms with E-state index in [4.69, 9.17) is 0 Å². The standard InChI is InChI=1S/C27H27F3N4O5S3/c1-16(2)34(42(37,38)22-9-5-11-40-22)21-8-3-6-17-12-20(32-23(17)21)24-31-13-19(41-24)15-33-10-4-7-18(14-33)25(35)39-26(36)27(28,29)30/h3,5-6,8-9,11-13,16,18,32H,4,7,10,14-15H2,1-2H3. The lowest BCUT2D eigenvalue weighted by molar-refractivity contribution is -0.203. The molecule has 1 aliphatic rings. The monoisotopic (exact) mass is 640 g/mol. The number of piperidine rings is 1. The van der Waals surface area contributed by atoms with Crippen molar-refractivity contribution < 1.29 is 35.9 Å². The molecule has 1 unspecified atom stereocenters. The number of H-pyrrole nitrogens is 1. The third-order valence-electron chi connectivity index (χ3n) is 6.78. The van der Waals surface area contributed by atoms with Crippen molar-refractivity contribution in [3.05, 3.63) is 52.9 Å². The van der Waals surface area contributed by atoms with Crippen molar-refractivity contribution in [2.45, 2.75) is 49.7 Å². The topological polar surface area (TPSA) is 113 Å². The molecule has 9 nitrogen and oxygen atoms in total. The van der Waals surface area contributed by atoms with E-state index in [-0.39, 0.29) is 16.8 Å². The van der Waals surface area contributed by atoms with Crippen LogP contribution in [0.1, 0.15) is 31.6 Å². The lowest BCUT2D eigenvalue weighted by atomic mass is 9.98. The van der Waals surface area contributed by atoms with Crippen molar-refractivity contribution in [3.63, 3.8) is 0 Å². The minimum absolute atomic E-state index is 0.163. The quantitative estimate of drug-likeness (QED) is 0.191. The number of thiophene rings is 1. The number of likely N-dealkylation sites (tertiary alicyclic amines) is 1. The molecule has 1 saturated heterocycles. The summed E-state index contributed by atoms with van der Waals surface area (Å²) < 4.78 is 70.2. The fourth-order valence-corrected chi connectivity index (χ4v) is 8.66. The first-order chi connectivity index (χ1) is 19.8. The summed E-state index contributed by atoms with van der Waals surface area (Å²) >= 11 is 2.57. The van der Waals surface area contributed by atoms with E-state index in [1.54, 1.807) is 29.8 Å². The van der Waals surface area contributed by atoms with E-state index in [9.17, 15) is 31.2 Å². The number of hydrogen-bond acceptors (Lipinski definition) is 9. The average Bonchev–Trinajstić information content (AvgIpc) is 3.69. The van der Waals surface area contributed by atoms with E-state index in [0.717, 1.165) is 21.6 Å². The molecule has 0 saturated carbocycles. The zero-order valence-electron chi connectivity index (χ0n) is 22.6. The van der Waals surface area contributed by atoms with Crippen LogP contribution in [0.3, 0.4) is 0 Å². The molecule has 15 heteroatoms. The summed E-state index contributed by atoms with van der Waals surface area (Å²) in [4.78, 5) is 33.9. The largest absolute Gasteiger partial charge is 0.491 e. The Balaban J connectivity index is 1.34. The molecular weight excluding hydrogens is 614 g/mol. The smallest absolute Gasteiger partial charge is 0.386 e. The van der Waals surface area contributed by atoms with Crippen molar-refractivity contribution >= 4 is 61.2 Å². The molecule has 0 aliphatic carbocycles. The molecule has 224 valence electrons. The number of para-hydroxylation sites is 1. The summed E-state index contributed by atoms with van der Waals surface area (Å²) in [6.07, 6.45) is -2.63. The number of anilines is 1. The molecule has 1 fully saturated rings. The summed E-state index contributed by atoms with van der Waals surface area (Å²) in [5.74, 6) is -4.50. The van der Waals surface area contributed by atoms with Crippen LogP contribution in [-0.2, 0) is 30.9 Å². The van der Waals surface area contributed by atoms with Gasteiger partial charge >= 0.3 is 18.1 Å². The molecule has 3 aromatic heterocycles. The highest BCUT2D eigenvalue weighted by Gasteiger charge is 2.43. The van der Waals surface area contributed by atoms with Gasteiger partial charge in [0.05, 0.1) is 22.8 Å². The Labute approximate surface area is 248 Å². The van der Waals surface area contributed by atoms with Gasteiger partial charge in [0.1, 0.15) is 9.22 Å². The normalized spacial score (nSPS) is 16.7. The highest BCUT2D eigenvalue weighted by atomic mass is 32.2. The van der Waals surface area contributed by atoms with Gasteiger partial charge in [0.25, 0.3) is 10.0 Å². The van der Waals surface area contributed by atoms with E-state index >= 15 is 0 Å². The lowest BCUT2D eigenvalue weighted by Crippen LogP contribution is -2.40. The van der Waals surface area contributed by atoms with Crippen LogP contribution in [0.25, 0.3) is 21.6 Å². The highest BCUT2D eigenvalue weighted by molar-refractivity contribution is 7.94. The van der Waals surface area contributed by atoms with Gasteiger partial charge in [-0.15, -0.1) is 22.7 Å². The summed E-state index contributed by atoms with van der Waals surface area (Å²) in [6, 6.07) is 10.3. The summed E-state index contributed by atoms with van der Waals surface area (Å²) in [5, 5.41) is 3.22. The van der Waals surface area contributed by atoms with Crippen LogP contribution in [-0.4, -0.2) is 60.5 Å². The van der Waals surface area contributed by atoms with E-state index in [0.29, 0.717) is 47.8 Å². The molecule has 1 N–H and O–H groups in total. The van der Waals surface area contributed by atoms with Crippen LogP contribution in [0.4, 0.5) is 18.9 Å². The SMILES string of the molecule is CC(C)N(c1cccc2cc(-c3ncc(CN4CCCC(C(=O)OC(=O)C(F)(F)F)C4)s3)[nH]c12)S(=O)(=O)c1cccs1. The predicted molar refractivity (Wildman–Crippen MR) is 154 cm³/mol. The van der Waals surface area contributed by atoms with Crippen molar-refractivity contribution in [1.29, 1.82) is 0 Å². The van der Waals surface area contributed by atoms with Crippen molar-refractivity contribution in [1.82, 2.24) is 14.9 Å². The fourth-order valence-electron chi connectivity index (χ4n) is 4.98. The number of thiazole rings is 1. The Hall–Kier alpha value is -3.27.